The Hall–Kier alpha value is -1.05. The lowest BCUT2D eigenvalue weighted by atomic mass is 9.89. The third-order valence-corrected chi connectivity index (χ3v) is 10.2. The molecule has 4 bridgehead atoms. The van der Waals surface area contributed by atoms with E-state index in [-0.39, 0.29) is 30.9 Å². The summed E-state index contributed by atoms with van der Waals surface area (Å²) in [6, 6.07) is 1.76. The first-order chi connectivity index (χ1) is 18.4. The molecule has 4 fully saturated rings. The number of hydrogen-bond acceptors (Lipinski definition) is 8. The molecule has 1 aromatic rings. The highest BCUT2D eigenvalue weighted by molar-refractivity contribution is 7.98. The zero-order valence-corrected chi connectivity index (χ0v) is 24.6. The summed E-state index contributed by atoms with van der Waals surface area (Å²) in [5.74, 6) is 1.53. The number of aromatic nitrogens is 2. The van der Waals surface area contributed by atoms with E-state index in [1.165, 1.54) is 33.1 Å². The van der Waals surface area contributed by atoms with Crippen LogP contribution in [0, 0.1) is 17.3 Å². The molecule has 8 nitrogen and oxygen atoms in total. The summed E-state index contributed by atoms with van der Waals surface area (Å²) >= 11 is 1.82. The van der Waals surface area contributed by atoms with E-state index in [1.54, 1.807) is 6.07 Å². The summed E-state index contributed by atoms with van der Waals surface area (Å²) in [4.78, 5) is 2.69. The third-order valence-electron chi connectivity index (χ3n) is 9.22. The Balaban J connectivity index is 1.25. The molecule has 5 rings (SSSR count). The van der Waals surface area contributed by atoms with Crippen molar-refractivity contribution in [2.24, 2.45) is 17.3 Å². The molecule has 0 aliphatic carbocycles. The van der Waals surface area contributed by atoms with Gasteiger partial charge in [0.1, 0.15) is 6.17 Å². The van der Waals surface area contributed by atoms with Crippen LogP contribution in [-0.4, -0.2) is 75.7 Å². The molecule has 0 radical (unpaired) electrons. The smallest absolute Gasteiger partial charge is 0.394 e. The van der Waals surface area contributed by atoms with Crippen molar-refractivity contribution in [3.63, 3.8) is 0 Å². The summed E-state index contributed by atoms with van der Waals surface area (Å²) in [6.07, 6.45) is 4.57. The average molecular weight is 574 g/mol. The van der Waals surface area contributed by atoms with E-state index < -0.39 is 11.6 Å². The van der Waals surface area contributed by atoms with Gasteiger partial charge < -0.3 is 4.74 Å². The van der Waals surface area contributed by atoms with Gasteiger partial charge in [0.25, 0.3) is 0 Å². The Morgan fingerprint density at radius 1 is 1.15 bits per heavy atom. The molecule has 222 valence electrons. The predicted octanol–water partition coefficient (Wildman–Crippen LogP) is 4.73. The largest absolute Gasteiger partial charge is 0.477 e. The van der Waals surface area contributed by atoms with Crippen molar-refractivity contribution in [1.29, 1.82) is 0 Å². The number of halogens is 3. The number of ether oxygens (including phenoxy) is 1. The molecule has 1 aromatic heterocycles. The highest BCUT2D eigenvalue weighted by Crippen LogP contribution is 2.41. The van der Waals surface area contributed by atoms with Gasteiger partial charge in [0.2, 0.25) is 5.88 Å². The maximum atomic E-state index is 13.2. The summed E-state index contributed by atoms with van der Waals surface area (Å²) in [5, 5.41) is 11.4. The Bertz CT molecular complexity index is 958. The maximum Gasteiger partial charge on any atom is 0.394 e. The van der Waals surface area contributed by atoms with E-state index in [0.717, 1.165) is 45.4 Å². The molecule has 12 heteroatoms. The zero-order valence-electron chi connectivity index (χ0n) is 23.8. The van der Waals surface area contributed by atoms with Gasteiger partial charge in [0.15, 0.2) is 0 Å². The van der Waals surface area contributed by atoms with Gasteiger partial charge in [0.05, 0.1) is 23.6 Å². The molecule has 5 heterocycles. The van der Waals surface area contributed by atoms with Crippen molar-refractivity contribution in [2.45, 2.75) is 102 Å². The number of hydrogen-bond donors (Lipinski definition) is 3. The van der Waals surface area contributed by atoms with Gasteiger partial charge >= 0.3 is 6.18 Å². The third kappa shape index (κ3) is 6.89. The molecular weight excluding hydrogens is 527 g/mol. The summed E-state index contributed by atoms with van der Waals surface area (Å²) in [5.41, 5.74) is 1.98. The summed E-state index contributed by atoms with van der Waals surface area (Å²) in [7, 11) is 0. The molecule has 0 spiro atoms. The van der Waals surface area contributed by atoms with Gasteiger partial charge in [-0.3, -0.25) is 19.6 Å². The first kappa shape index (κ1) is 29.4. The van der Waals surface area contributed by atoms with Crippen LogP contribution in [-0.2, 0) is 0 Å². The van der Waals surface area contributed by atoms with Gasteiger partial charge in [0, 0.05) is 49.9 Å². The van der Waals surface area contributed by atoms with Crippen LogP contribution in [0.25, 0.3) is 0 Å². The number of hydrazine groups is 1. The van der Waals surface area contributed by atoms with Gasteiger partial charge in [-0.05, 0) is 64.7 Å². The molecule has 0 saturated carbocycles. The van der Waals surface area contributed by atoms with E-state index in [1.807, 2.05) is 22.8 Å². The Kier molecular flexibility index (Phi) is 8.82. The Labute approximate surface area is 235 Å². The van der Waals surface area contributed by atoms with Crippen LogP contribution in [0.4, 0.5) is 13.2 Å². The molecule has 4 aliphatic rings. The van der Waals surface area contributed by atoms with Crippen LogP contribution < -0.4 is 20.2 Å². The number of nitrogens with one attached hydrogen (secondary N) is 3. The summed E-state index contributed by atoms with van der Waals surface area (Å²) in [6.45, 7) is 11.4. The van der Waals surface area contributed by atoms with Crippen molar-refractivity contribution in [3.05, 3.63) is 12.3 Å². The quantitative estimate of drug-likeness (QED) is 0.437. The molecule has 39 heavy (non-hydrogen) atoms. The number of fused-ring (bicyclic) bond motifs is 6. The minimum atomic E-state index is -4.26. The minimum Gasteiger partial charge on any atom is -0.477 e. The lowest BCUT2D eigenvalue weighted by molar-refractivity contribution is -0.215. The first-order valence-corrected chi connectivity index (χ1v) is 15.5. The molecule has 4 aliphatic heterocycles. The van der Waals surface area contributed by atoms with Crippen molar-refractivity contribution < 1.29 is 17.9 Å². The van der Waals surface area contributed by atoms with E-state index >= 15 is 0 Å². The lowest BCUT2D eigenvalue weighted by Crippen LogP contribution is -2.60. The maximum absolute atomic E-state index is 13.2. The predicted molar refractivity (Wildman–Crippen MR) is 148 cm³/mol. The lowest BCUT2D eigenvalue weighted by Gasteiger charge is -2.47. The molecule has 3 N–H and O–H groups in total. The van der Waals surface area contributed by atoms with Gasteiger partial charge in [-0.15, -0.1) is 5.10 Å². The van der Waals surface area contributed by atoms with Crippen LogP contribution >= 0.6 is 11.9 Å². The second-order valence-corrected chi connectivity index (χ2v) is 14.2. The molecule has 0 amide bonds. The van der Waals surface area contributed by atoms with Gasteiger partial charge in [-0.1, -0.05) is 25.8 Å². The normalized spacial score (nSPS) is 35.8. The Morgan fingerprint density at radius 3 is 2.77 bits per heavy atom. The first-order valence-electron chi connectivity index (χ1n) is 14.6. The van der Waals surface area contributed by atoms with E-state index in [4.69, 9.17) is 4.74 Å². The van der Waals surface area contributed by atoms with Crippen molar-refractivity contribution in [1.82, 2.24) is 35.2 Å². The van der Waals surface area contributed by atoms with Crippen LogP contribution in [0.1, 0.15) is 78.8 Å². The number of rotatable bonds is 5. The number of alkyl halides is 3. The van der Waals surface area contributed by atoms with Gasteiger partial charge in [-0.2, -0.15) is 13.2 Å². The number of nitrogens with zero attached hydrogens (tertiary/aromatic N) is 4. The fourth-order valence-corrected chi connectivity index (χ4v) is 7.56. The minimum absolute atomic E-state index is 0.0154. The second-order valence-electron chi connectivity index (χ2n) is 13.1. The van der Waals surface area contributed by atoms with Crippen LogP contribution in [0.2, 0.25) is 0 Å². The van der Waals surface area contributed by atoms with Crippen molar-refractivity contribution >= 4 is 11.9 Å². The van der Waals surface area contributed by atoms with Crippen LogP contribution in [0.15, 0.2) is 12.3 Å². The van der Waals surface area contributed by atoms with Crippen molar-refractivity contribution in [3.8, 4) is 5.88 Å². The molecule has 6 unspecified atom stereocenters. The number of piperidine rings is 1. The van der Waals surface area contributed by atoms with E-state index in [2.05, 4.69) is 44.3 Å². The standard InChI is InChI=1S/C27H46F3N7OS/c1-25(2,27(28,29)30)11-15-38-22-9-14-37(33-22)21-8-7-20-17-31-39-23-10-13-35(34-23)12-5-6-19-16-26(3,4)36(18-19)24(20)32-21/h9,14,19-21,23-24,31-32,34H,5-8,10-13,15-18H2,1-4H3/t19-,20?,21?,23?,24?/m0/s1. The van der Waals surface area contributed by atoms with Crippen LogP contribution in [0.5, 0.6) is 5.88 Å². The molecule has 0 aromatic carbocycles. The average Bonchev–Trinajstić information content (AvgIpc) is 3.57. The fraction of sp³-hybridized carbons (Fsp3) is 0.889. The zero-order chi connectivity index (χ0) is 27.8. The summed E-state index contributed by atoms with van der Waals surface area (Å²) < 4.78 is 50.8. The fourth-order valence-electron chi connectivity index (χ4n) is 6.63. The molecule has 4 saturated heterocycles. The monoisotopic (exact) mass is 573 g/mol. The highest BCUT2D eigenvalue weighted by atomic mass is 32.2. The SMILES string of the molecule is CC1(C)C[C@@H]2CCCN3CCC(N3)SNCC3CCC(n4ccc(OCCC(C)(C)C(F)(F)F)n4)NC3N1C2. The molecule has 7 atom stereocenters. The van der Waals surface area contributed by atoms with Crippen molar-refractivity contribution in [2.75, 3.05) is 32.8 Å². The van der Waals surface area contributed by atoms with Crippen LogP contribution in [0.3, 0.4) is 0 Å². The van der Waals surface area contributed by atoms with E-state index in [9.17, 15) is 13.2 Å². The van der Waals surface area contributed by atoms with Gasteiger partial charge in [-0.25, -0.2) is 10.4 Å². The van der Waals surface area contributed by atoms with E-state index in [0.29, 0.717) is 23.1 Å². The highest BCUT2D eigenvalue weighted by Gasteiger charge is 2.47. The Morgan fingerprint density at radius 2 is 1.97 bits per heavy atom. The molecular formula is C27H46F3N7OS. The topological polar surface area (TPSA) is 69.6 Å². The second kappa shape index (κ2) is 11.7.